The average molecular weight is 215 g/mol. The third-order valence-electron chi connectivity index (χ3n) is 2.19. The van der Waals surface area contributed by atoms with Gasteiger partial charge in [-0.15, -0.1) is 0 Å². The van der Waals surface area contributed by atoms with Crippen LogP contribution in [0.1, 0.15) is 11.6 Å². The first kappa shape index (κ1) is 10.0. The number of hydrogen-bond donors (Lipinski definition) is 1. The summed E-state index contributed by atoms with van der Waals surface area (Å²) in [5.74, 6) is 0. The second-order valence-corrected chi connectivity index (χ2v) is 3.24. The normalized spacial score (nSPS) is 14.4. The Morgan fingerprint density at radius 2 is 1.93 bits per heavy atom. The zero-order chi connectivity index (χ0) is 11.1. The summed E-state index contributed by atoms with van der Waals surface area (Å²) in [6.45, 7) is 0. The second-order valence-electron chi connectivity index (χ2n) is 3.24. The van der Waals surface area contributed by atoms with Gasteiger partial charge in [0.2, 0.25) is 0 Å². The summed E-state index contributed by atoms with van der Waals surface area (Å²) in [4.78, 5) is 0. The van der Waals surface area contributed by atoms with Crippen molar-refractivity contribution in [3.63, 3.8) is 0 Å². The lowest BCUT2D eigenvalue weighted by Gasteiger charge is -2.15. The molecule has 1 aromatic heterocycles. The zero-order valence-electron chi connectivity index (χ0n) is 7.58. The summed E-state index contributed by atoms with van der Waals surface area (Å²) in [5, 5.41) is 0.618. The van der Waals surface area contributed by atoms with Gasteiger partial charge >= 0.3 is 6.18 Å². The Labute approximate surface area is 83.5 Å². The Hall–Kier alpha value is -1.49. The molecule has 80 valence electrons. The molecule has 0 saturated heterocycles. The van der Waals surface area contributed by atoms with Crippen LogP contribution in [0.4, 0.5) is 13.2 Å². The summed E-state index contributed by atoms with van der Waals surface area (Å²) in [5.41, 5.74) is 5.66. The van der Waals surface area contributed by atoms with Crippen molar-refractivity contribution in [2.75, 3.05) is 0 Å². The van der Waals surface area contributed by atoms with Crippen LogP contribution in [0, 0.1) is 0 Å². The third-order valence-corrected chi connectivity index (χ3v) is 2.19. The molecule has 0 amide bonds. The van der Waals surface area contributed by atoms with Gasteiger partial charge in [0.15, 0.2) is 0 Å². The third kappa shape index (κ3) is 1.83. The van der Waals surface area contributed by atoms with E-state index in [1.54, 1.807) is 6.07 Å². The second kappa shape index (κ2) is 3.27. The number of rotatable bonds is 1. The van der Waals surface area contributed by atoms with E-state index in [1.807, 2.05) is 0 Å². The maximum absolute atomic E-state index is 12.3. The van der Waals surface area contributed by atoms with Crippen molar-refractivity contribution in [3.8, 4) is 0 Å². The standard InChI is InChI=1S/C10H8F3NO/c11-10(12,13)9(14)7-1-2-8-6(5-7)3-4-15-8/h1-5,9H,14H2. The smallest absolute Gasteiger partial charge is 0.407 e. The Bertz CT molecular complexity index is 475. The maximum atomic E-state index is 12.3. The number of alkyl halides is 3. The Balaban J connectivity index is 2.44. The van der Waals surface area contributed by atoms with Gasteiger partial charge in [-0.3, -0.25) is 0 Å². The Morgan fingerprint density at radius 3 is 2.60 bits per heavy atom. The highest BCUT2D eigenvalue weighted by molar-refractivity contribution is 5.77. The minimum Gasteiger partial charge on any atom is -0.464 e. The van der Waals surface area contributed by atoms with Gasteiger partial charge in [-0.2, -0.15) is 13.2 Å². The van der Waals surface area contributed by atoms with Gasteiger partial charge in [0.25, 0.3) is 0 Å². The van der Waals surface area contributed by atoms with Crippen LogP contribution in [0.15, 0.2) is 34.9 Å². The SMILES string of the molecule is NC(c1ccc2occc2c1)C(F)(F)F. The molecule has 0 aliphatic carbocycles. The molecule has 0 radical (unpaired) electrons. The topological polar surface area (TPSA) is 39.2 Å². The highest BCUT2D eigenvalue weighted by Crippen LogP contribution is 2.31. The number of nitrogens with two attached hydrogens (primary N) is 1. The molecule has 1 aromatic carbocycles. The summed E-state index contributed by atoms with van der Waals surface area (Å²) in [6.07, 6.45) is -3.00. The van der Waals surface area contributed by atoms with Crippen molar-refractivity contribution in [1.29, 1.82) is 0 Å². The quantitative estimate of drug-likeness (QED) is 0.794. The van der Waals surface area contributed by atoms with Crippen LogP contribution < -0.4 is 5.73 Å². The minimum absolute atomic E-state index is 0.0383. The van der Waals surface area contributed by atoms with E-state index in [0.29, 0.717) is 11.0 Å². The minimum atomic E-state index is -4.42. The van der Waals surface area contributed by atoms with Gasteiger partial charge in [0.1, 0.15) is 11.6 Å². The first-order valence-electron chi connectivity index (χ1n) is 4.28. The van der Waals surface area contributed by atoms with Crippen molar-refractivity contribution < 1.29 is 17.6 Å². The lowest BCUT2D eigenvalue weighted by Crippen LogP contribution is -2.28. The maximum Gasteiger partial charge on any atom is 0.407 e. The number of benzene rings is 1. The molecule has 1 unspecified atom stereocenters. The Morgan fingerprint density at radius 1 is 1.20 bits per heavy atom. The molecule has 2 N–H and O–H groups in total. The molecular formula is C10H8F3NO. The van der Waals surface area contributed by atoms with Gasteiger partial charge in [-0.1, -0.05) is 6.07 Å². The van der Waals surface area contributed by atoms with Gasteiger partial charge in [-0.05, 0) is 23.8 Å². The average Bonchev–Trinajstić information content (AvgIpc) is 2.61. The van der Waals surface area contributed by atoms with E-state index in [0.717, 1.165) is 0 Å². The molecule has 1 heterocycles. The van der Waals surface area contributed by atoms with E-state index >= 15 is 0 Å². The molecule has 0 aliphatic rings. The van der Waals surface area contributed by atoms with E-state index < -0.39 is 12.2 Å². The summed E-state index contributed by atoms with van der Waals surface area (Å²) >= 11 is 0. The van der Waals surface area contributed by atoms with Crippen LogP contribution in [0.5, 0.6) is 0 Å². The fourth-order valence-corrected chi connectivity index (χ4v) is 1.37. The molecule has 15 heavy (non-hydrogen) atoms. The predicted octanol–water partition coefficient (Wildman–Crippen LogP) is 2.99. The lowest BCUT2D eigenvalue weighted by atomic mass is 10.1. The summed E-state index contributed by atoms with van der Waals surface area (Å²) < 4.78 is 42.0. The van der Waals surface area contributed by atoms with Crippen molar-refractivity contribution in [2.24, 2.45) is 5.73 Å². The number of furan rings is 1. The molecule has 2 nitrogen and oxygen atoms in total. The van der Waals surface area contributed by atoms with E-state index in [-0.39, 0.29) is 5.56 Å². The number of halogens is 3. The Kier molecular flexibility index (Phi) is 2.19. The molecule has 2 rings (SSSR count). The fourth-order valence-electron chi connectivity index (χ4n) is 1.37. The highest BCUT2D eigenvalue weighted by atomic mass is 19.4. The lowest BCUT2D eigenvalue weighted by molar-refractivity contribution is -0.149. The van der Waals surface area contributed by atoms with Crippen LogP contribution in [-0.4, -0.2) is 6.18 Å². The van der Waals surface area contributed by atoms with Gasteiger partial charge in [0.05, 0.1) is 6.26 Å². The van der Waals surface area contributed by atoms with E-state index in [4.69, 9.17) is 10.2 Å². The van der Waals surface area contributed by atoms with Crippen molar-refractivity contribution in [2.45, 2.75) is 12.2 Å². The van der Waals surface area contributed by atoms with Crippen LogP contribution in [0.25, 0.3) is 11.0 Å². The summed E-state index contributed by atoms with van der Waals surface area (Å²) in [6, 6.07) is 3.84. The van der Waals surface area contributed by atoms with E-state index in [1.165, 1.54) is 24.5 Å². The first-order chi connectivity index (χ1) is 6.98. The molecular weight excluding hydrogens is 207 g/mol. The van der Waals surface area contributed by atoms with Crippen LogP contribution in [0.3, 0.4) is 0 Å². The van der Waals surface area contributed by atoms with Crippen molar-refractivity contribution >= 4 is 11.0 Å². The molecule has 0 fully saturated rings. The fraction of sp³-hybridized carbons (Fsp3) is 0.200. The molecule has 0 aliphatic heterocycles. The van der Waals surface area contributed by atoms with Crippen LogP contribution in [0.2, 0.25) is 0 Å². The van der Waals surface area contributed by atoms with Crippen LogP contribution >= 0.6 is 0 Å². The van der Waals surface area contributed by atoms with Crippen molar-refractivity contribution in [1.82, 2.24) is 0 Å². The zero-order valence-corrected chi connectivity index (χ0v) is 7.58. The van der Waals surface area contributed by atoms with Gasteiger partial charge in [0, 0.05) is 5.39 Å². The predicted molar refractivity (Wildman–Crippen MR) is 49.2 cm³/mol. The number of fused-ring (bicyclic) bond motifs is 1. The summed E-state index contributed by atoms with van der Waals surface area (Å²) in [7, 11) is 0. The molecule has 0 bridgehead atoms. The van der Waals surface area contributed by atoms with E-state index in [9.17, 15) is 13.2 Å². The number of hydrogen-bond acceptors (Lipinski definition) is 2. The molecule has 0 spiro atoms. The monoisotopic (exact) mass is 215 g/mol. The van der Waals surface area contributed by atoms with E-state index in [2.05, 4.69) is 0 Å². The van der Waals surface area contributed by atoms with Crippen LogP contribution in [-0.2, 0) is 0 Å². The largest absolute Gasteiger partial charge is 0.464 e. The highest BCUT2D eigenvalue weighted by Gasteiger charge is 2.37. The molecule has 2 aromatic rings. The first-order valence-corrected chi connectivity index (χ1v) is 4.28. The molecule has 0 saturated carbocycles. The van der Waals surface area contributed by atoms with Crippen molar-refractivity contribution in [3.05, 3.63) is 36.1 Å². The van der Waals surface area contributed by atoms with Gasteiger partial charge < -0.3 is 10.2 Å². The molecule has 5 heteroatoms. The van der Waals surface area contributed by atoms with Gasteiger partial charge in [-0.25, -0.2) is 0 Å². The molecule has 1 atom stereocenters.